The first-order valence-electron chi connectivity index (χ1n) is 6.63. The zero-order valence-electron chi connectivity index (χ0n) is 11.2. The molecule has 1 N–H and O–H groups in total. The second-order valence-electron chi connectivity index (χ2n) is 5.26. The van der Waals surface area contributed by atoms with E-state index in [-0.39, 0.29) is 0 Å². The highest BCUT2D eigenvalue weighted by atomic mass is 14.9. The topological polar surface area (TPSA) is 12.0 Å². The second-order valence-corrected chi connectivity index (χ2v) is 5.26. The van der Waals surface area contributed by atoms with Gasteiger partial charge in [0.25, 0.3) is 0 Å². The summed E-state index contributed by atoms with van der Waals surface area (Å²) < 4.78 is 0. The third-order valence-electron chi connectivity index (χ3n) is 3.66. The van der Waals surface area contributed by atoms with Crippen molar-refractivity contribution in [2.45, 2.75) is 33.6 Å². The van der Waals surface area contributed by atoms with Crippen molar-refractivity contribution < 1.29 is 0 Å². The van der Waals surface area contributed by atoms with E-state index in [2.05, 4.69) is 50.4 Å². The van der Waals surface area contributed by atoms with Gasteiger partial charge in [0.05, 0.1) is 0 Å². The molecule has 0 bridgehead atoms. The molecule has 0 saturated carbocycles. The molecule has 0 atom stereocenters. The SMILES string of the molecule is Cc1cc(C)c(/C=C/C2CCNCC2)c(C)c1. The molecule has 2 rings (SSSR count). The van der Waals surface area contributed by atoms with E-state index in [1.807, 2.05) is 0 Å². The number of piperidine rings is 1. The van der Waals surface area contributed by atoms with E-state index in [1.54, 1.807) is 0 Å². The molecule has 1 aromatic carbocycles. The second kappa shape index (κ2) is 5.50. The molecule has 1 aliphatic rings. The van der Waals surface area contributed by atoms with E-state index >= 15 is 0 Å². The van der Waals surface area contributed by atoms with Gasteiger partial charge in [0.1, 0.15) is 0 Å². The fraction of sp³-hybridized carbons (Fsp3) is 0.500. The van der Waals surface area contributed by atoms with Gasteiger partial charge in [-0.3, -0.25) is 0 Å². The van der Waals surface area contributed by atoms with E-state index in [0.29, 0.717) is 0 Å². The average molecular weight is 229 g/mol. The minimum Gasteiger partial charge on any atom is -0.317 e. The Bertz CT molecular complexity index is 389. The molecule has 1 aromatic rings. The van der Waals surface area contributed by atoms with Crippen molar-refractivity contribution in [2.75, 3.05) is 13.1 Å². The lowest BCUT2D eigenvalue weighted by Gasteiger charge is -2.19. The van der Waals surface area contributed by atoms with Crippen LogP contribution in [0, 0.1) is 26.7 Å². The highest BCUT2D eigenvalue weighted by Gasteiger charge is 2.09. The zero-order valence-corrected chi connectivity index (χ0v) is 11.2. The standard InChI is InChI=1S/C16H23N/c1-12-10-13(2)16(14(3)11-12)5-4-15-6-8-17-9-7-15/h4-5,10-11,15,17H,6-9H2,1-3H3/b5-4+. The molecule has 0 spiro atoms. The van der Waals surface area contributed by atoms with E-state index in [9.17, 15) is 0 Å². The smallest absolute Gasteiger partial charge is 0.00433 e. The first-order valence-corrected chi connectivity index (χ1v) is 6.63. The first-order chi connectivity index (χ1) is 8.16. The molecule has 1 saturated heterocycles. The molecule has 0 aliphatic carbocycles. The first kappa shape index (κ1) is 12.4. The van der Waals surface area contributed by atoms with E-state index < -0.39 is 0 Å². The summed E-state index contributed by atoms with van der Waals surface area (Å²) in [5, 5.41) is 3.41. The van der Waals surface area contributed by atoms with Crippen LogP contribution < -0.4 is 5.32 Å². The number of aryl methyl sites for hydroxylation is 3. The fourth-order valence-electron chi connectivity index (χ4n) is 2.72. The van der Waals surface area contributed by atoms with Crippen LogP contribution in [-0.4, -0.2) is 13.1 Å². The van der Waals surface area contributed by atoms with E-state index in [4.69, 9.17) is 0 Å². The van der Waals surface area contributed by atoms with Gasteiger partial charge >= 0.3 is 0 Å². The molecule has 0 amide bonds. The van der Waals surface area contributed by atoms with Crippen molar-refractivity contribution in [3.05, 3.63) is 40.5 Å². The molecular weight excluding hydrogens is 206 g/mol. The Hall–Kier alpha value is -1.08. The van der Waals surface area contributed by atoms with Gasteiger partial charge in [-0.1, -0.05) is 29.8 Å². The Labute approximate surface area is 105 Å². The van der Waals surface area contributed by atoms with Crippen LogP contribution in [0.1, 0.15) is 35.1 Å². The molecule has 1 aliphatic heterocycles. The number of benzene rings is 1. The summed E-state index contributed by atoms with van der Waals surface area (Å²) in [7, 11) is 0. The maximum absolute atomic E-state index is 3.41. The number of allylic oxidation sites excluding steroid dienone is 1. The zero-order chi connectivity index (χ0) is 12.3. The van der Waals surface area contributed by atoms with Gasteiger partial charge in [-0.25, -0.2) is 0 Å². The van der Waals surface area contributed by atoms with Crippen molar-refractivity contribution in [2.24, 2.45) is 5.92 Å². The van der Waals surface area contributed by atoms with Crippen molar-refractivity contribution in [3.63, 3.8) is 0 Å². The monoisotopic (exact) mass is 229 g/mol. The Morgan fingerprint density at radius 2 is 1.65 bits per heavy atom. The largest absolute Gasteiger partial charge is 0.317 e. The Morgan fingerprint density at radius 1 is 1.06 bits per heavy atom. The summed E-state index contributed by atoms with van der Waals surface area (Å²) in [5.74, 6) is 0.761. The Kier molecular flexibility index (Phi) is 4.01. The molecule has 17 heavy (non-hydrogen) atoms. The van der Waals surface area contributed by atoms with Gasteiger partial charge in [-0.15, -0.1) is 0 Å². The predicted molar refractivity (Wildman–Crippen MR) is 75.3 cm³/mol. The molecule has 1 nitrogen and oxygen atoms in total. The van der Waals surface area contributed by atoms with Crippen LogP contribution in [0.2, 0.25) is 0 Å². The number of nitrogens with one attached hydrogen (secondary N) is 1. The number of rotatable bonds is 2. The fourth-order valence-corrected chi connectivity index (χ4v) is 2.72. The van der Waals surface area contributed by atoms with Gasteiger partial charge in [0.15, 0.2) is 0 Å². The van der Waals surface area contributed by atoms with Crippen LogP contribution >= 0.6 is 0 Å². The molecule has 1 heteroatoms. The summed E-state index contributed by atoms with van der Waals surface area (Å²) in [5.41, 5.74) is 5.56. The summed E-state index contributed by atoms with van der Waals surface area (Å²) in [4.78, 5) is 0. The maximum atomic E-state index is 3.41. The number of hydrogen-bond donors (Lipinski definition) is 1. The molecule has 0 radical (unpaired) electrons. The minimum atomic E-state index is 0.761. The quantitative estimate of drug-likeness (QED) is 0.816. The lowest BCUT2D eigenvalue weighted by molar-refractivity contribution is 0.438. The highest BCUT2D eigenvalue weighted by molar-refractivity contribution is 5.58. The van der Waals surface area contributed by atoms with Gasteiger partial charge in [0, 0.05) is 0 Å². The maximum Gasteiger partial charge on any atom is -0.00433 e. The van der Waals surface area contributed by atoms with Crippen LogP contribution in [0.5, 0.6) is 0 Å². The predicted octanol–water partition coefficient (Wildman–Crippen LogP) is 3.62. The summed E-state index contributed by atoms with van der Waals surface area (Å²) in [6, 6.07) is 4.55. The molecular formula is C16H23N. The van der Waals surface area contributed by atoms with E-state index in [1.165, 1.54) is 48.2 Å². The summed E-state index contributed by atoms with van der Waals surface area (Å²) in [6.45, 7) is 8.92. The Morgan fingerprint density at radius 3 is 2.24 bits per heavy atom. The third kappa shape index (κ3) is 3.19. The summed E-state index contributed by atoms with van der Waals surface area (Å²) >= 11 is 0. The van der Waals surface area contributed by atoms with Crippen molar-refractivity contribution in [1.29, 1.82) is 0 Å². The molecule has 1 fully saturated rings. The van der Waals surface area contributed by atoms with Crippen LogP contribution in [0.4, 0.5) is 0 Å². The van der Waals surface area contributed by atoms with Gasteiger partial charge < -0.3 is 5.32 Å². The minimum absolute atomic E-state index is 0.761. The number of hydrogen-bond acceptors (Lipinski definition) is 1. The van der Waals surface area contributed by atoms with Crippen LogP contribution in [0.25, 0.3) is 6.08 Å². The summed E-state index contributed by atoms with van der Waals surface area (Å²) in [6.07, 6.45) is 7.30. The lowest BCUT2D eigenvalue weighted by atomic mass is 9.94. The van der Waals surface area contributed by atoms with Crippen LogP contribution in [-0.2, 0) is 0 Å². The van der Waals surface area contributed by atoms with Crippen molar-refractivity contribution in [1.82, 2.24) is 5.32 Å². The van der Waals surface area contributed by atoms with Gasteiger partial charge in [-0.2, -0.15) is 0 Å². The van der Waals surface area contributed by atoms with Crippen molar-refractivity contribution in [3.8, 4) is 0 Å². The van der Waals surface area contributed by atoms with Gasteiger partial charge in [-0.05, 0) is 69.3 Å². The third-order valence-corrected chi connectivity index (χ3v) is 3.66. The van der Waals surface area contributed by atoms with Crippen LogP contribution in [0.15, 0.2) is 18.2 Å². The Balaban J connectivity index is 2.14. The molecule has 1 heterocycles. The van der Waals surface area contributed by atoms with E-state index in [0.717, 1.165) is 5.92 Å². The van der Waals surface area contributed by atoms with Crippen molar-refractivity contribution >= 4 is 6.08 Å². The average Bonchev–Trinajstić information content (AvgIpc) is 2.29. The normalized spacial score (nSPS) is 17.8. The highest BCUT2D eigenvalue weighted by Crippen LogP contribution is 2.20. The molecule has 0 aromatic heterocycles. The molecule has 92 valence electrons. The lowest BCUT2D eigenvalue weighted by Crippen LogP contribution is -2.26. The van der Waals surface area contributed by atoms with Crippen LogP contribution in [0.3, 0.4) is 0 Å². The molecule has 0 unspecified atom stereocenters. The van der Waals surface area contributed by atoms with Gasteiger partial charge in [0.2, 0.25) is 0 Å².